The normalized spacial score (nSPS) is 10.2. The third-order valence-electron chi connectivity index (χ3n) is 3.49. The van der Waals surface area contributed by atoms with Gasteiger partial charge in [-0.25, -0.2) is 4.79 Å². The fourth-order valence-corrected chi connectivity index (χ4v) is 2.24. The van der Waals surface area contributed by atoms with Crippen LogP contribution in [0.1, 0.15) is 26.3 Å². The lowest BCUT2D eigenvalue weighted by molar-refractivity contribution is 0.0731. The Morgan fingerprint density at radius 3 is 1.96 bits per heavy atom. The topological polar surface area (TPSA) is 63.6 Å². The number of hydrogen-bond donors (Lipinski definition) is 1. The molecule has 0 unspecified atom stereocenters. The molecule has 0 bridgehead atoms. The van der Waals surface area contributed by atoms with Gasteiger partial charge in [-0.15, -0.1) is 0 Å². The molecule has 0 aromatic heterocycles. The van der Waals surface area contributed by atoms with Crippen LogP contribution in [0.4, 0.5) is 0 Å². The van der Waals surface area contributed by atoms with Crippen molar-refractivity contribution in [3.63, 3.8) is 0 Å². The average Bonchev–Trinajstić information content (AvgIpc) is 2.63. The Hall–Kier alpha value is -3.40. The van der Waals surface area contributed by atoms with Crippen LogP contribution in [0, 0.1) is 0 Å². The number of ether oxygens (including phenoxy) is 1. The van der Waals surface area contributed by atoms with Crippen LogP contribution in [0.3, 0.4) is 0 Å². The maximum Gasteiger partial charge on any atom is 0.347 e. The second kappa shape index (κ2) is 6.79. The van der Waals surface area contributed by atoms with Gasteiger partial charge in [-0.3, -0.25) is 4.79 Å². The van der Waals surface area contributed by atoms with Gasteiger partial charge in [-0.05, 0) is 36.4 Å². The van der Waals surface area contributed by atoms with Crippen LogP contribution in [-0.4, -0.2) is 16.9 Å². The van der Waals surface area contributed by atoms with Crippen molar-refractivity contribution >= 4 is 11.8 Å². The molecule has 0 radical (unpaired) electrons. The number of phenolic OH excluding ortho intramolecular Hbond substituents is 1. The van der Waals surface area contributed by atoms with Gasteiger partial charge in [0.1, 0.15) is 17.1 Å². The Morgan fingerprint density at radius 2 is 1.29 bits per heavy atom. The second-order valence-electron chi connectivity index (χ2n) is 5.13. The van der Waals surface area contributed by atoms with Gasteiger partial charge in [-0.1, -0.05) is 42.5 Å². The van der Waals surface area contributed by atoms with E-state index in [9.17, 15) is 14.7 Å². The molecule has 4 heteroatoms. The van der Waals surface area contributed by atoms with Crippen LogP contribution in [0.5, 0.6) is 11.5 Å². The Balaban J connectivity index is 1.74. The van der Waals surface area contributed by atoms with Crippen molar-refractivity contribution in [3.05, 3.63) is 95.6 Å². The highest BCUT2D eigenvalue weighted by molar-refractivity contribution is 6.09. The zero-order valence-corrected chi connectivity index (χ0v) is 12.7. The van der Waals surface area contributed by atoms with E-state index in [4.69, 9.17) is 4.74 Å². The number of ketones is 1. The number of phenols is 1. The van der Waals surface area contributed by atoms with Gasteiger partial charge in [0.25, 0.3) is 0 Å². The molecule has 3 aromatic rings. The Bertz CT molecular complexity index is 868. The zero-order chi connectivity index (χ0) is 16.9. The molecule has 0 atom stereocenters. The van der Waals surface area contributed by atoms with Crippen LogP contribution in [0.15, 0.2) is 78.9 Å². The minimum Gasteiger partial charge on any atom is -0.507 e. The first kappa shape index (κ1) is 15.5. The lowest BCUT2D eigenvalue weighted by Crippen LogP contribution is -2.09. The third-order valence-corrected chi connectivity index (χ3v) is 3.49. The summed E-state index contributed by atoms with van der Waals surface area (Å²) >= 11 is 0. The average molecular weight is 318 g/mol. The molecular weight excluding hydrogens is 304 g/mol. The first-order valence-corrected chi connectivity index (χ1v) is 7.35. The highest BCUT2D eigenvalue weighted by Crippen LogP contribution is 2.20. The molecule has 24 heavy (non-hydrogen) atoms. The summed E-state index contributed by atoms with van der Waals surface area (Å²) in [6.07, 6.45) is 0. The minimum absolute atomic E-state index is 0.0851. The predicted molar refractivity (Wildman–Crippen MR) is 89.4 cm³/mol. The van der Waals surface area contributed by atoms with Gasteiger partial charge in [0.05, 0.1) is 0 Å². The molecule has 0 aliphatic carbocycles. The van der Waals surface area contributed by atoms with E-state index in [0.717, 1.165) is 0 Å². The smallest absolute Gasteiger partial charge is 0.347 e. The van der Waals surface area contributed by atoms with Gasteiger partial charge < -0.3 is 9.84 Å². The van der Waals surface area contributed by atoms with E-state index in [0.29, 0.717) is 16.9 Å². The van der Waals surface area contributed by atoms with Crippen molar-refractivity contribution in [2.75, 3.05) is 0 Å². The van der Waals surface area contributed by atoms with Crippen molar-refractivity contribution in [2.24, 2.45) is 0 Å². The molecule has 4 nitrogen and oxygen atoms in total. The number of carbonyl (C=O) groups excluding carboxylic acids is 2. The molecule has 1 N–H and O–H groups in total. The van der Waals surface area contributed by atoms with Crippen LogP contribution >= 0.6 is 0 Å². The monoisotopic (exact) mass is 318 g/mol. The van der Waals surface area contributed by atoms with Crippen LogP contribution < -0.4 is 4.74 Å². The highest BCUT2D eigenvalue weighted by atomic mass is 16.5. The van der Waals surface area contributed by atoms with Crippen LogP contribution in [0.2, 0.25) is 0 Å². The summed E-state index contributed by atoms with van der Waals surface area (Å²) in [5, 5.41) is 9.66. The number of para-hydroxylation sites is 1. The lowest BCUT2D eigenvalue weighted by atomic mass is 10.0. The third kappa shape index (κ3) is 3.33. The summed E-state index contributed by atoms with van der Waals surface area (Å²) < 4.78 is 5.21. The molecule has 0 heterocycles. The lowest BCUT2D eigenvalue weighted by Gasteiger charge is -2.07. The first-order chi connectivity index (χ1) is 11.6. The Labute approximate surface area is 139 Å². The molecular formula is C20H14O4. The van der Waals surface area contributed by atoms with Gasteiger partial charge in [0.15, 0.2) is 5.78 Å². The molecule has 3 rings (SSSR count). The molecule has 0 spiro atoms. The van der Waals surface area contributed by atoms with Crippen molar-refractivity contribution in [1.29, 1.82) is 0 Å². The standard InChI is InChI=1S/C20H14O4/c21-18-9-5-4-8-17(18)20(23)24-16-12-10-15(11-13-16)19(22)14-6-2-1-3-7-14/h1-13,21H. The molecule has 0 fully saturated rings. The molecule has 0 saturated heterocycles. The van der Waals surface area contributed by atoms with Crippen LogP contribution in [-0.2, 0) is 0 Å². The number of benzene rings is 3. The van der Waals surface area contributed by atoms with E-state index >= 15 is 0 Å². The number of rotatable bonds is 4. The first-order valence-electron chi connectivity index (χ1n) is 7.35. The summed E-state index contributed by atoms with van der Waals surface area (Å²) in [5.74, 6) is -0.601. The number of hydrogen-bond acceptors (Lipinski definition) is 4. The number of esters is 1. The van der Waals surface area contributed by atoms with E-state index in [2.05, 4.69) is 0 Å². The molecule has 0 saturated carbocycles. The summed E-state index contributed by atoms with van der Waals surface area (Å²) in [6.45, 7) is 0. The van der Waals surface area contributed by atoms with E-state index in [-0.39, 0.29) is 17.1 Å². The highest BCUT2D eigenvalue weighted by Gasteiger charge is 2.13. The molecule has 0 amide bonds. The fraction of sp³-hybridized carbons (Fsp3) is 0. The van der Waals surface area contributed by atoms with Crippen molar-refractivity contribution in [2.45, 2.75) is 0 Å². The van der Waals surface area contributed by atoms with Crippen molar-refractivity contribution < 1.29 is 19.4 Å². The van der Waals surface area contributed by atoms with E-state index in [1.807, 2.05) is 6.07 Å². The molecule has 3 aromatic carbocycles. The maximum atomic E-state index is 12.3. The Kier molecular flexibility index (Phi) is 4.38. The summed E-state index contributed by atoms with van der Waals surface area (Å²) in [4.78, 5) is 24.3. The summed E-state index contributed by atoms with van der Waals surface area (Å²) in [6, 6.07) is 21.4. The van der Waals surface area contributed by atoms with Gasteiger partial charge in [0, 0.05) is 11.1 Å². The van der Waals surface area contributed by atoms with Crippen molar-refractivity contribution in [3.8, 4) is 11.5 Å². The van der Waals surface area contributed by atoms with Crippen molar-refractivity contribution in [1.82, 2.24) is 0 Å². The van der Waals surface area contributed by atoms with E-state index < -0.39 is 5.97 Å². The quantitative estimate of drug-likeness (QED) is 0.451. The van der Waals surface area contributed by atoms with Gasteiger partial charge in [0.2, 0.25) is 0 Å². The number of carbonyl (C=O) groups is 2. The molecule has 0 aliphatic rings. The van der Waals surface area contributed by atoms with E-state index in [1.165, 1.54) is 12.1 Å². The zero-order valence-electron chi connectivity index (χ0n) is 12.7. The van der Waals surface area contributed by atoms with Gasteiger partial charge in [-0.2, -0.15) is 0 Å². The summed E-state index contributed by atoms with van der Waals surface area (Å²) in [7, 11) is 0. The SMILES string of the molecule is O=C(c1ccccc1)c1ccc(OC(=O)c2ccccc2O)cc1. The maximum absolute atomic E-state index is 12.3. The van der Waals surface area contributed by atoms with Crippen LogP contribution in [0.25, 0.3) is 0 Å². The van der Waals surface area contributed by atoms with E-state index in [1.54, 1.807) is 60.7 Å². The fourth-order valence-electron chi connectivity index (χ4n) is 2.24. The second-order valence-corrected chi connectivity index (χ2v) is 5.13. The number of aromatic hydroxyl groups is 1. The Morgan fingerprint density at radius 1 is 0.708 bits per heavy atom. The molecule has 118 valence electrons. The minimum atomic E-state index is -0.657. The molecule has 0 aliphatic heterocycles. The van der Waals surface area contributed by atoms with Gasteiger partial charge >= 0.3 is 5.97 Å². The predicted octanol–water partition coefficient (Wildman–Crippen LogP) is 3.84. The summed E-state index contributed by atoms with van der Waals surface area (Å²) in [5.41, 5.74) is 1.18. The largest absolute Gasteiger partial charge is 0.507 e.